The molecule has 0 radical (unpaired) electrons. The first-order valence-electron chi connectivity index (χ1n) is 22.9. The summed E-state index contributed by atoms with van der Waals surface area (Å²) in [7, 11) is -4.66. The third-order valence-electron chi connectivity index (χ3n) is 10.4. The number of nitrogens with one attached hydrogen (secondary N) is 1. The SMILES string of the molecule is CCCCCCCC/C=C\CCCCCCCC(=O)OCC(CCN(CCO)CCO)(CNS(=O)(=O)O)OC(=O)CCCCCCC/C=C\CCCCCCCC. The van der Waals surface area contributed by atoms with Gasteiger partial charge in [-0.3, -0.25) is 19.0 Å². The normalized spacial score (nSPS) is 13.2. The van der Waals surface area contributed by atoms with E-state index in [1.54, 1.807) is 4.90 Å². The molecule has 0 heterocycles. The number of esters is 2. The molecule has 0 bridgehead atoms. The summed E-state index contributed by atoms with van der Waals surface area (Å²) in [5.74, 6) is -1.02. The van der Waals surface area contributed by atoms with Crippen LogP contribution in [0.4, 0.5) is 0 Å². The summed E-state index contributed by atoms with van der Waals surface area (Å²) in [5.41, 5.74) is -1.60. The van der Waals surface area contributed by atoms with Crippen molar-refractivity contribution in [3.05, 3.63) is 24.3 Å². The number of aliphatic hydroxyl groups excluding tert-OH is 2. The van der Waals surface area contributed by atoms with E-state index in [0.29, 0.717) is 12.8 Å². The standard InChI is InChI=1S/C45H86N2O9S/c1-3-5-7-9-11-13-15-17-19-21-23-25-27-29-31-33-43(50)55-42-45(41-46-57(52,53)54,35-36-47(37-39-48)38-40-49)56-44(51)34-32-30-28-26-24-22-20-18-16-14-12-10-8-6-4-2/h17-20,46,48-49H,3-16,21-42H2,1-2H3,(H,52,53,54)/b19-17-,20-18-. The van der Waals surface area contributed by atoms with Gasteiger partial charge in [0.05, 0.1) is 19.8 Å². The molecule has 1 unspecified atom stereocenters. The first-order valence-corrected chi connectivity index (χ1v) is 24.4. The van der Waals surface area contributed by atoms with Crippen LogP contribution in [0.3, 0.4) is 0 Å². The Morgan fingerprint density at radius 3 is 1.37 bits per heavy atom. The highest BCUT2D eigenvalue weighted by Crippen LogP contribution is 2.22. The molecule has 0 saturated carbocycles. The highest BCUT2D eigenvalue weighted by atomic mass is 32.2. The van der Waals surface area contributed by atoms with E-state index in [4.69, 9.17) is 9.47 Å². The van der Waals surface area contributed by atoms with Crippen molar-refractivity contribution in [2.75, 3.05) is 46.0 Å². The molecule has 0 aliphatic carbocycles. The lowest BCUT2D eigenvalue weighted by molar-refractivity contribution is -0.174. The lowest BCUT2D eigenvalue weighted by Gasteiger charge is -2.35. The number of ether oxygens (including phenoxy) is 2. The molecule has 12 heteroatoms. The van der Waals surface area contributed by atoms with E-state index in [1.807, 2.05) is 4.72 Å². The molecule has 0 saturated heterocycles. The van der Waals surface area contributed by atoms with Crippen LogP contribution in [0.1, 0.15) is 200 Å². The van der Waals surface area contributed by atoms with Crippen molar-refractivity contribution in [3.8, 4) is 0 Å². The maximum absolute atomic E-state index is 13.2. The minimum absolute atomic E-state index is 0.0360. The Labute approximate surface area is 349 Å². The van der Waals surface area contributed by atoms with Crippen molar-refractivity contribution >= 4 is 22.2 Å². The van der Waals surface area contributed by atoms with Crippen molar-refractivity contribution in [1.29, 1.82) is 0 Å². The Morgan fingerprint density at radius 1 is 0.579 bits per heavy atom. The van der Waals surface area contributed by atoms with Gasteiger partial charge in [0.25, 0.3) is 0 Å². The van der Waals surface area contributed by atoms with Crippen LogP contribution >= 0.6 is 0 Å². The number of carbonyl (C=O) groups is 2. The van der Waals surface area contributed by atoms with E-state index in [9.17, 15) is 32.8 Å². The second-order valence-corrected chi connectivity index (χ2v) is 17.1. The second-order valence-electron chi connectivity index (χ2n) is 15.8. The Hall–Kier alpha value is -1.83. The maximum atomic E-state index is 13.2. The van der Waals surface area contributed by atoms with Crippen LogP contribution in [0.2, 0.25) is 0 Å². The minimum atomic E-state index is -4.66. The van der Waals surface area contributed by atoms with Gasteiger partial charge < -0.3 is 19.7 Å². The fraction of sp³-hybridized carbons (Fsp3) is 0.867. The molecule has 0 rings (SSSR count). The number of unbranched alkanes of at least 4 members (excludes halogenated alkanes) is 22. The largest absolute Gasteiger partial charge is 0.461 e. The molecular formula is C45H86N2O9S. The van der Waals surface area contributed by atoms with E-state index in [2.05, 4.69) is 38.2 Å². The van der Waals surface area contributed by atoms with E-state index in [1.165, 1.54) is 77.0 Å². The van der Waals surface area contributed by atoms with Gasteiger partial charge in [-0.1, -0.05) is 141 Å². The zero-order valence-electron chi connectivity index (χ0n) is 36.4. The summed E-state index contributed by atoms with van der Waals surface area (Å²) in [5, 5.41) is 19.0. The Bertz CT molecular complexity index is 1100. The molecule has 0 amide bonds. The van der Waals surface area contributed by atoms with Crippen molar-refractivity contribution in [3.63, 3.8) is 0 Å². The number of aliphatic hydroxyl groups is 2. The van der Waals surface area contributed by atoms with Crippen LogP contribution in [-0.2, 0) is 29.4 Å². The van der Waals surface area contributed by atoms with Gasteiger partial charge >= 0.3 is 22.2 Å². The first-order chi connectivity index (χ1) is 27.6. The molecular weight excluding hydrogens is 745 g/mol. The summed E-state index contributed by atoms with van der Waals surface area (Å²) in [6.45, 7) is 3.92. The minimum Gasteiger partial charge on any atom is -0.461 e. The molecule has 0 aromatic rings. The van der Waals surface area contributed by atoms with Crippen molar-refractivity contribution in [2.24, 2.45) is 0 Å². The van der Waals surface area contributed by atoms with Crippen LogP contribution in [0.15, 0.2) is 24.3 Å². The number of rotatable bonds is 43. The van der Waals surface area contributed by atoms with Crippen LogP contribution in [-0.4, -0.2) is 91.6 Å². The van der Waals surface area contributed by atoms with Gasteiger partial charge in [0.2, 0.25) is 0 Å². The number of carbonyl (C=O) groups excluding carboxylic acids is 2. The average molecular weight is 831 g/mol. The van der Waals surface area contributed by atoms with Gasteiger partial charge in [-0.15, -0.1) is 0 Å². The molecule has 0 spiro atoms. The van der Waals surface area contributed by atoms with Crippen LogP contribution < -0.4 is 4.72 Å². The molecule has 0 fully saturated rings. The van der Waals surface area contributed by atoms with E-state index in [0.717, 1.165) is 77.0 Å². The smallest absolute Gasteiger partial charge is 0.333 e. The molecule has 1 atom stereocenters. The second kappa shape index (κ2) is 39.6. The highest BCUT2D eigenvalue weighted by Gasteiger charge is 2.37. The third kappa shape index (κ3) is 38.1. The van der Waals surface area contributed by atoms with Gasteiger partial charge in [-0.05, 0) is 64.2 Å². The van der Waals surface area contributed by atoms with E-state index < -0.39 is 41.0 Å². The number of hydrogen-bond acceptors (Lipinski definition) is 9. The molecule has 0 aliphatic heterocycles. The lowest BCUT2D eigenvalue weighted by Crippen LogP contribution is -2.52. The van der Waals surface area contributed by atoms with Crippen LogP contribution in [0.25, 0.3) is 0 Å². The summed E-state index contributed by atoms with van der Waals surface area (Å²) in [6, 6.07) is 0. The Kier molecular flexibility index (Phi) is 38.3. The number of nitrogens with zero attached hydrogens (tertiary/aromatic N) is 1. The zero-order chi connectivity index (χ0) is 42.1. The molecule has 0 aliphatic rings. The fourth-order valence-corrected chi connectivity index (χ4v) is 7.23. The number of hydrogen-bond donors (Lipinski definition) is 4. The third-order valence-corrected chi connectivity index (χ3v) is 10.9. The summed E-state index contributed by atoms with van der Waals surface area (Å²) in [6.07, 6.45) is 39.0. The topological polar surface area (TPSA) is 163 Å². The predicted octanol–water partition coefficient (Wildman–Crippen LogP) is 9.96. The Morgan fingerprint density at radius 2 is 0.965 bits per heavy atom. The lowest BCUT2D eigenvalue weighted by atomic mass is 9.99. The molecule has 57 heavy (non-hydrogen) atoms. The molecule has 0 aromatic heterocycles. The van der Waals surface area contributed by atoms with Crippen molar-refractivity contribution in [1.82, 2.24) is 9.62 Å². The first kappa shape index (κ1) is 55.2. The summed E-state index contributed by atoms with van der Waals surface area (Å²) in [4.78, 5) is 27.8. The monoisotopic (exact) mass is 831 g/mol. The highest BCUT2D eigenvalue weighted by molar-refractivity contribution is 7.83. The molecule has 11 nitrogen and oxygen atoms in total. The maximum Gasteiger partial charge on any atom is 0.333 e. The van der Waals surface area contributed by atoms with Crippen LogP contribution in [0, 0.1) is 0 Å². The van der Waals surface area contributed by atoms with Crippen molar-refractivity contribution in [2.45, 2.75) is 206 Å². The molecule has 0 aromatic carbocycles. The van der Waals surface area contributed by atoms with Gasteiger partial charge in [-0.2, -0.15) is 13.1 Å². The predicted molar refractivity (Wildman–Crippen MR) is 233 cm³/mol. The molecule has 336 valence electrons. The van der Waals surface area contributed by atoms with Gasteiger partial charge in [-0.25, -0.2) is 0 Å². The van der Waals surface area contributed by atoms with Gasteiger partial charge in [0.15, 0.2) is 5.60 Å². The molecule has 4 N–H and O–H groups in total. The van der Waals surface area contributed by atoms with Crippen LogP contribution in [0.5, 0.6) is 0 Å². The summed E-state index contributed by atoms with van der Waals surface area (Å²) >= 11 is 0. The number of allylic oxidation sites excluding steroid dienone is 4. The van der Waals surface area contributed by atoms with Gasteiger partial charge in [0, 0.05) is 38.9 Å². The fourth-order valence-electron chi connectivity index (χ4n) is 6.79. The van der Waals surface area contributed by atoms with Crippen molar-refractivity contribution < 1.29 is 42.2 Å². The van der Waals surface area contributed by atoms with Gasteiger partial charge in [0.1, 0.15) is 6.61 Å². The average Bonchev–Trinajstić information content (AvgIpc) is 3.18. The van der Waals surface area contributed by atoms with E-state index >= 15 is 0 Å². The quantitative estimate of drug-likeness (QED) is 0.0201. The summed E-state index contributed by atoms with van der Waals surface area (Å²) < 4.78 is 46.6. The Balaban J connectivity index is 4.90. The van der Waals surface area contributed by atoms with E-state index in [-0.39, 0.29) is 52.1 Å². The zero-order valence-corrected chi connectivity index (χ0v) is 37.2.